The molecule has 0 aromatic heterocycles. The molecule has 0 aliphatic rings. The number of carbonyl (C=O) groups is 1. The highest BCUT2D eigenvalue weighted by atomic mass is 16.6. The molecule has 0 aromatic rings. The molecule has 4 N–H and O–H groups in total. The molecular weight excluding hydrogens is 154 g/mol. The zero-order chi connectivity index (χ0) is 9.02. The van der Waals surface area contributed by atoms with E-state index in [0.29, 0.717) is 6.20 Å². The van der Waals surface area contributed by atoms with Crippen molar-refractivity contribution in [2.75, 3.05) is 0 Å². The summed E-state index contributed by atoms with van der Waals surface area (Å²) in [5.41, 5.74) is 2.66. The summed E-state index contributed by atoms with van der Waals surface area (Å²) in [6.07, 6.45) is 0.469. The van der Waals surface area contributed by atoms with Crippen LogP contribution in [0.15, 0.2) is 11.9 Å². The molecule has 0 atom stereocenters. The SMILES string of the molecule is N=C(C(=O)O)/C(=C\N)[N+](=O)[O-]. The van der Waals surface area contributed by atoms with Crippen LogP contribution in [0.4, 0.5) is 0 Å². The number of nitrogens with one attached hydrogen (secondary N) is 1. The van der Waals surface area contributed by atoms with E-state index in [1.165, 1.54) is 0 Å². The standard InChI is InChI=1S/C4H5N3O4/c5-1-2(7(10)11)3(6)4(8)9/h1,6H,5H2,(H,8,9)/b2-1+,6-3?. The van der Waals surface area contributed by atoms with Crippen LogP contribution in [0.25, 0.3) is 0 Å². The second-order valence-corrected chi connectivity index (χ2v) is 1.49. The van der Waals surface area contributed by atoms with E-state index in [4.69, 9.17) is 16.2 Å². The molecule has 0 spiro atoms. The molecule has 0 radical (unpaired) electrons. The second-order valence-electron chi connectivity index (χ2n) is 1.49. The Bertz CT molecular complexity index is 244. The van der Waals surface area contributed by atoms with Gasteiger partial charge in [0, 0.05) is 0 Å². The molecule has 0 saturated heterocycles. The van der Waals surface area contributed by atoms with Gasteiger partial charge in [0.2, 0.25) is 5.71 Å². The highest BCUT2D eigenvalue weighted by Crippen LogP contribution is 1.95. The van der Waals surface area contributed by atoms with Crippen molar-refractivity contribution in [2.45, 2.75) is 0 Å². The van der Waals surface area contributed by atoms with Gasteiger partial charge >= 0.3 is 11.7 Å². The Hall–Kier alpha value is -1.92. The molecular formula is C4H5N3O4. The molecule has 0 rings (SSSR count). The molecule has 0 aliphatic carbocycles. The minimum absolute atomic E-state index is 0.469. The third-order valence-corrected chi connectivity index (χ3v) is 0.825. The minimum atomic E-state index is -1.68. The average Bonchev–Trinajstić information content (AvgIpc) is 1.88. The molecule has 0 aliphatic heterocycles. The van der Waals surface area contributed by atoms with E-state index >= 15 is 0 Å². The first-order chi connectivity index (χ1) is 5.00. The van der Waals surface area contributed by atoms with Gasteiger partial charge in [0.25, 0.3) is 0 Å². The molecule has 0 bridgehead atoms. The van der Waals surface area contributed by atoms with Crippen molar-refractivity contribution in [1.82, 2.24) is 0 Å². The van der Waals surface area contributed by atoms with E-state index in [0.717, 1.165) is 0 Å². The van der Waals surface area contributed by atoms with Gasteiger partial charge in [0.15, 0.2) is 0 Å². The van der Waals surface area contributed by atoms with E-state index in [1.54, 1.807) is 0 Å². The molecule has 0 fully saturated rings. The lowest BCUT2D eigenvalue weighted by molar-refractivity contribution is -0.415. The number of hydrogen-bond donors (Lipinski definition) is 3. The maximum Gasteiger partial charge on any atom is 0.361 e. The van der Waals surface area contributed by atoms with E-state index in [9.17, 15) is 14.9 Å². The van der Waals surface area contributed by atoms with Gasteiger partial charge in [0.05, 0.1) is 11.1 Å². The van der Waals surface area contributed by atoms with Gasteiger partial charge in [-0.15, -0.1) is 0 Å². The fourth-order valence-corrected chi connectivity index (χ4v) is 0.345. The zero-order valence-electron chi connectivity index (χ0n) is 5.27. The van der Waals surface area contributed by atoms with Crippen LogP contribution in [0, 0.1) is 15.5 Å². The van der Waals surface area contributed by atoms with Crippen LogP contribution in [0.3, 0.4) is 0 Å². The summed E-state index contributed by atoms with van der Waals surface area (Å²) in [6, 6.07) is 0. The molecule has 0 saturated carbocycles. The largest absolute Gasteiger partial charge is 0.476 e. The summed E-state index contributed by atoms with van der Waals surface area (Å²) in [5.74, 6) is -1.68. The number of nitrogens with two attached hydrogens (primary N) is 1. The molecule has 0 amide bonds. The van der Waals surface area contributed by atoms with Gasteiger partial charge in [-0.2, -0.15) is 0 Å². The predicted molar refractivity (Wildman–Crippen MR) is 34.6 cm³/mol. The number of nitrogens with zero attached hydrogens (tertiary/aromatic N) is 1. The quantitative estimate of drug-likeness (QED) is 0.281. The molecule has 0 aromatic carbocycles. The van der Waals surface area contributed by atoms with Crippen LogP contribution in [0.2, 0.25) is 0 Å². The molecule has 11 heavy (non-hydrogen) atoms. The van der Waals surface area contributed by atoms with E-state index in [1.807, 2.05) is 0 Å². The van der Waals surface area contributed by atoms with Crippen molar-refractivity contribution < 1.29 is 14.8 Å². The molecule has 0 unspecified atom stereocenters. The van der Waals surface area contributed by atoms with Gasteiger partial charge in [-0.25, -0.2) is 4.79 Å². The Morgan fingerprint density at radius 2 is 2.18 bits per heavy atom. The van der Waals surface area contributed by atoms with Crippen LogP contribution in [0.1, 0.15) is 0 Å². The third-order valence-electron chi connectivity index (χ3n) is 0.825. The highest BCUT2D eigenvalue weighted by molar-refractivity contribution is 6.40. The van der Waals surface area contributed by atoms with E-state index in [-0.39, 0.29) is 0 Å². The summed E-state index contributed by atoms with van der Waals surface area (Å²) in [6.45, 7) is 0. The molecule has 0 heterocycles. The lowest BCUT2D eigenvalue weighted by Crippen LogP contribution is -2.20. The summed E-state index contributed by atoms with van der Waals surface area (Å²) in [5, 5.41) is 24.7. The fraction of sp³-hybridized carbons (Fsp3) is 0. The Balaban J connectivity index is 4.69. The molecule has 60 valence electrons. The van der Waals surface area contributed by atoms with Gasteiger partial charge in [0.1, 0.15) is 0 Å². The summed E-state index contributed by atoms with van der Waals surface area (Å²) in [4.78, 5) is 18.9. The first kappa shape index (κ1) is 9.08. The van der Waals surface area contributed by atoms with Crippen molar-refractivity contribution in [1.29, 1.82) is 5.41 Å². The number of aliphatic carboxylic acids is 1. The normalized spacial score (nSPS) is 10.7. The number of hydrogen-bond acceptors (Lipinski definition) is 5. The number of carboxylic acid groups (broad SMARTS) is 1. The van der Waals surface area contributed by atoms with Gasteiger partial charge in [-0.05, 0) is 0 Å². The smallest absolute Gasteiger partial charge is 0.361 e. The average molecular weight is 159 g/mol. The third kappa shape index (κ3) is 2.05. The Kier molecular flexibility index (Phi) is 2.72. The molecule has 7 heteroatoms. The highest BCUT2D eigenvalue weighted by Gasteiger charge is 2.23. The maximum absolute atomic E-state index is 9.98. The maximum atomic E-state index is 9.98. The Labute approximate surface area is 60.8 Å². The van der Waals surface area contributed by atoms with Crippen LogP contribution in [-0.4, -0.2) is 21.7 Å². The van der Waals surface area contributed by atoms with Crippen molar-refractivity contribution in [3.8, 4) is 0 Å². The van der Waals surface area contributed by atoms with Gasteiger partial charge < -0.3 is 10.8 Å². The topological polar surface area (TPSA) is 130 Å². The summed E-state index contributed by atoms with van der Waals surface area (Å²) < 4.78 is 0. The minimum Gasteiger partial charge on any atom is -0.476 e. The van der Waals surface area contributed by atoms with Crippen molar-refractivity contribution in [2.24, 2.45) is 5.73 Å². The molecule has 7 nitrogen and oxygen atoms in total. The van der Waals surface area contributed by atoms with Crippen LogP contribution >= 0.6 is 0 Å². The Morgan fingerprint density at radius 1 is 1.73 bits per heavy atom. The number of carboxylic acids is 1. The van der Waals surface area contributed by atoms with Crippen LogP contribution in [0.5, 0.6) is 0 Å². The van der Waals surface area contributed by atoms with Gasteiger partial charge in [-0.1, -0.05) is 0 Å². The second kappa shape index (κ2) is 3.30. The summed E-state index contributed by atoms with van der Waals surface area (Å²) >= 11 is 0. The van der Waals surface area contributed by atoms with Crippen molar-refractivity contribution >= 4 is 11.7 Å². The monoisotopic (exact) mass is 159 g/mol. The number of nitro groups is 1. The fourth-order valence-electron chi connectivity index (χ4n) is 0.345. The van der Waals surface area contributed by atoms with E-state index < -0.39 is 22.3 Å². The summed E-state index contributed by atoms with van der Waals surface area (Å²) in [7, 11) is 0. The van der Waals surface area contributed by atoms with Gasteiger partial charge in [-0.3, -0.25) is 15.5 Å². The van der Waals surface area contributed by atoms with E-state index in [2.05, 4.69) is 0 Å². The lowest BCUT2D eigenvalue weighted by Gasteiger charge is -1.92. The lowest BCUT2D eigenvalue weighted by atomic mass is 10.3. The van der Waals surface area contributed by atoms with Crippen molar-refractivity contribution in [3.05, 3.63) is 22.0 Å². The van der Waals surface area contributed by atoms with Crippen LogP contribution < -0.4 is 5.73 Å². The Morgan fingerprint density at radius 3 is 2.27 bits per heavy atom. The van der Waals surface area contributed by atoms with Crippen molar-refractivity contribution in [3.63, 3.8) is 0 Å². The first-order valence-electron chi connectivity index (χ1n) is 2.39. The first-order valence-corrected chi connectivity index (χ1v) is 2.39. The van der Waals surface area contributed by atoms with Crippen LogP contribution in [-0.2, 0) is 4.79 Å². The zero-order valence-corrected chi connectivity index (χ0v) is 5.27. The predicted octanol–water partition coefficient (Wildman–Crippen LogP) is -0.832. The number of rotatable bonds is 3.